The molecule has 2 atom stereocenters. The van der Waals surface area contributed by atoms with Gasteiger partial charge in [-0.3, -0.25) is 0 Å². The van der Waals surface area contributed by atoms with Crippen LogP contribution in [-0.4, -0.2) is 0 Å². The normalized spacial score (nSPS) is 21.5. The highest BCUT2D eigenvalue weighted by Gasteiger charge is 2.45. The standard InChI is InChI=1S/C25H25OP/c1-20-12-14-21(15-13-20)18-19-27(26)24(22-8-4-2-5-9-22)16-17-25(27)23-10-6-3-7-11-23/h2-15,18-19,24-25H,16-17H2,1H3/b19-18-/t24-,25-/m1/s1. The molecule has 0 unspecified atom stereocenters. The Hall–Kier alpha value is -2.37. The van der Waals surface area contributed by atoms with E-state index >= 15 is 0 Å². The molecule has 1 heterocycles. The average Bonchev–Trinajstić information content (AvgIpc) is 3.06. The zero-order valence-electron chi connectivity index (χ0n) is 15.7. The van der Waals surface area contributed by atoms with Crippen LogP contribution in [0.3, 0.4) is 0 Å². The maximum absolute atomic E-state index is 14.4. The van der Waals surface area contributed by atoms with Gasteiger partial charge in [0.15, 0.2) is 0 Å². The highest BCUT2D eigenvalue weighted by molar-refractivity contribution is 7.68. The lowest BCUT2D eigenvalue weighted by molar-refractivity contribution is 0.573. The van der Waals surface area contributed by atoms with Crippen LogP contribution in [0.5, 0.6) is 0 Å². The molecule has 1 aliphatic rings. The number of benzene rings is 3. The summed E-state index contributed by atoms with van der Waals surface area (Å²) in [5, 5.41) is 0. The molecule has 0 bridgehead atoms. The smallest absolute Gasteiger partial charge is 0.123 e. The molecule has 0 radical (unpaired) electrons. The predicted octanol–water partition coefficient (Wildman–Crippen LogP) is 7.61. The Morgan fingerprint density at radius 3 is 1.70 bits per heavy atom. The number of aryl methyl sites for hydroxylation is 1. The third-order valence-corrected chi connectivity index (χ3v) is 9.31. The quantitative estimate of drug-likeness (QED) is 0.431. The monoisotopic (exact) mass is 372 g/mol. The second-order valence-corrected chi connectivity index (χ2v) is 10.5. The van der Waals surface area contributed by atoms with Crippen molar-refractivity contribution in [3.05, 3.63) is 113 Å². The van der Waals surface area contributed by atoms with E-state index in [-0.39, 0.29) is 11.3 Å². The van der Waals surface area contributed by atoms with E-state index in [1.54, 1.807) is 0 Å². The van der Waals surface area contributed by atoms with E-state index in [1.807, 2.05) is 17.9 Å². The molecule has 136 valence electrons. The van der Waals surface area contributed by atoms with Gasteiger partial charge >= 0.3 is 0 Å². The van der Waals surface area contributed by atoms with Crippen molar-refractivity contribution >= 4 is 13.2 Å². The van der Waals surface area contributed by atoms with Gasteiger partial charge in [-0.05, 0) is 42.3 Å². The van der Waals surface area contributed by atoms with Crippen LogP contribution in [0.25, 0.3) is 6.08 Å². The first-order valence-electron chi connectivity index (χ1n) is 9.62. The predicted molar refractivity (Wildman–Crippen MR) is 115 cm³/mol. The summed E-state index contributed by atoms with van der Waals surface area (Å²) in [5.41, 5.74) is 4.96. The summed E-state index contributed by atoms with van der Waals surface area (Å²) in [7, 11) is -2.59. The summed E-state index contributed by atoms with van der Waals surface area (Å²) in [4.78, 5) is 0. The molecule has 0 amide bonds. The lowest BCUT2D eigenvalue weighted by Crippen LogP contribution is -1.97. The fourth-order valence-electron chi connectivity index (χ4n) is 4.17. The first-order chi connectivity index (χ1) is 13.2. The van der Waals surface area contributed by atoms with Crippen molar-refractivity contribution < 1.29 is 4.57 Å². The van der Waals surface area contributed by atoms with Crippen LogP contribution >= 0.6 is 7.14 Å². The van der Waals surface area contributed by atoms with E-state index in [9.17, 15) is 4.57 Å². The van der Waals surface area contributed by atoms with Crippen LogP contribution in [0, 0.1) is 6.92 Å². The fourth-order valence-corrected chi connectivity index (χ4v) is 7.81. The third kappa shape index (κ3) is 3.70. The molecule has 0 aromatic heterocycles. The molecular formula is C25H25OP. The summed E-state index contributed by atoms with van der Waals surface area (Å²) in [5.74, 6) is 2.04. The SMILES string of the molecule is Cc1ccc(/C=C\P2(=O)[C@@H](c3ccccc3)CC[C@@H]2c2ccccc2)cc1. The van der Waals surface area contributed by atoms with Gasteiger partial charge in [0.2, 0.25) is 0 Å². The molecule has 27 heavy (non-hydrogen) atoms. The molecular weight excluding hydrogens is 347 g/mol. The van der Waals surface area contributed by atoms with E-state index in [0.29, 0.717) is 0 Å². The zero-order chi connectivity index (χ0) is 18.7. The first kappa shape index (κ1) is 18.0. The van der Waals surface area contributed by atoms with E-state index in [0.717, 1.165) is 18.4 Å². The van der Waals surface area contributed by atoms with Crippen molar-refractivity contribution in [2.45, 2.75) is 31.1 Å². The van der Waals surface area contributed by atoms with E-state index in [1.165, 1.54) is 16.7 Å². The minimum Gasteiger partial charge on any atom is -0.318 e. The van der Waals surface area contributed by atoms with Crippen LogP contribution in [-0.2, 0) is 4.57 Å². The van der Waals surface area contributed by atoms with Gasteiger partial charge in [0, 0.05) is 11.3 Å². The lowest BCUT2D eigenvalue weighted by atomic mass is 10.0. The molecule has 3 aromatic rings. The van der Waals surface area contributed by atoms with Crippen molar-refractivity contribution in [3.8, 4) is 0 Å². The van der Waals surface area contributed by atoms with Gasteiger partial charge in [0.25, 0.3) is 0 Å². The van der Waals surface area contributed by atoms with Crippen molar-refractivity contribution in [2.75, 3.05) is 0 Å². The van der Waals surface area contributed by atoms with Crippen molar-refractivity contribution in [3.63, 3.8) is 0 Å². The molecule has 0 spiro atoms. The Kier molecular flexibility index (Phi) is 5.14. The Bertz CT molecular complexity index is 907. The Morgan fingerprint density at radius 1 is 0.741 bits per heavy atom. The maximum Gasteiger partial charge on any atom is 0.123 e. The van der Waals surface area contributed by atoms with Crippen molar-refractivity contribution in [1.29, 1.82) is 0 Å². The Labute approximate surface area is 162 Å². The molecule has 1 fully saturated rings. The van der Waals surface area contributed by atoms with Crippen LogP contribution in [0.4, 0.5) is 0 Å². The summed E-state index contributed by atoms with van der Waals surface area (Å²) >= 11 is 0. The van der Waals surface area contributed by atoms with Crippen LogP contribution < -0.4 is 0 Å². The van der Waals surface area contributed by atoms with E-state index < -0.39 is 7.14 Å². The van der Waals surface area contributed by atoms with Crippen molar-refractivity contribution in [1.82, 2.24) is 0 Å². The summed E-state index contributed by atoms with van der Waals surface area (Å²) in [6, 6.07) is 29.2. The highest BCUT2D eigenvalue weighted by Crippen LogP contribution is 2.77. The highest BCUT2D eigenvalue weighted by atomic mass is 31.2. The molecule has 1 saturated heterocycles. The van der Waals surface area contributed by atoms with Gasteiger partial charge in [0.1, 0.15) is 7.14 Å². The molecule has 0 aliphatic carbocycles. The van der Waals surface area contributed by atoms with Gasteiger partial charge in [-0.25, -0.2) is 0 Å². The number of hydrogen-bond donors (Lipinski definition) is 0. The average molecular weight is 372 g/mol. The van der Waals surface area contributed by atoms with Gasteiger partial charge in [0.05, 0.1) is 0 Å². The summed E-state index contributed by atoms with van der Waals surface area (Å²) < 4.78 is 14.4. The van der Waals surface area contributed by atoms with Crippen LogP contribution in [0.2, 0.25) is 0 Å². The summed E-state index contributed by atoms with van der Waals surface area (Å²) in [6.45, 7) is 2.09. The maximum atomic E-state index is 14.4. The molecule has 1 aliphatic heterocycles. The van der Waals surface area contributed by atoms with E-state index in [4.69, 9.17) is 0 Å². The number of rotatable bonds is 4. The van der Waals surface area contributed by atoms with Gasteiger partial charge in [-0.2, -0.15) is 0 Å². The van der Waals surface area contributed by atoms with Gasteiger partial charge < -0.3 is 4.57 Å². The largest absolute Gasteiger partial charge is 0.318 e. The first-order valence-corrected chi connectivity index (χ1v) is 11.5. The molecule has 3 aromatic carbocycles. The van der Waals surface area contributed by atoms with Gasteiger partial charge in [-0.15, -0.1) is 0 Å². The van der Waals surface area contributed by atoms with E-state index in [2.05, 4.69) is 85.8 Å². The molecule has 0 N–H and O–H groups in total. The topological polar surface area (TPSA) is 17.1 Å². The van der Waals surface area contributed by atoms with Gasteiger partial charge in [-0.1, -0.05) is 96.6 Å². The van der Waals surface area contributed by atoms with Crippen molar-refractivity contribution in [2.24, 2.45) is 0 Å². The second-order valence-electron chi connectivity index (χ2n) is 7.42. The second kappa shape index (κ2) is 7.71. The fraction of sp³-hybridized carbons (Fsp3) is 0.200. The molecule has 4 rings (SSSR count). The Balaban J connectivity index is 1.75. The number of hydrogen-bond acceptors (Lipinski definition) is 1. The zero-order valence-corrected chi connectivity index (χ0v) is 16.6. The molecule has 1 nitrogen and oxygen atoms in total. The molecule has 2 heteroatoms. The molecule has 0 saturated carbocycles. The Morgan fingerprint density at radius 2 is 1.22 bits per heavy atom. The van der Waals surface area contributed by atoms with Crippen LogP contribution in [0.1, 0.15) is 46.4 Å². The lowest BCUT2D eigenvalue weighted by Gasteiger charge is -2.24. The third-order valence-electron chi connectivity index (χ3n) is 5.63. The minimum atomic E-state index is -2.59. The van der Waals surface area contributed by atoms with Crippen LogP contribution in [0.15, 0.2) is 90.7 Å². The summed E-state index contributed by atoms with van der Waals surface area (Å²) in [6.07, 6.45) is 4.01. The minimum absolute atomic E-state index is 0.102.